The maximum atomic E-state index is 12.5. The van der Waals surface area contributed by atoms with Gasteiger partial charge in [0.1, 0.15) is 11.5 Å². The molecule has 0 spiro atoms. The Morgan fingerprint density at radius 2 is 2.40 bits per heavy atom. The van der Waals surface area contributed by atoms with Crippen molar-refractivity contribution in [2.45, 2.75) is 32.8 Å². The summed E-state index contributed by atoms with van der Waals surface area (Å²) in [6, 6.07) is 5.53. The molecule has 0 aromatic carbocycles. The first-order valence-electron chi connectivity index (χ1n) is 7.32. The van der Waals surface area contributed by atoms with E-state index in [0.29, 0.717) is 12.2 Å². The summed E-state index contributed by atoms with van der Waals surface area (Å²) in [5, 5.41) is 3.21. The highest BCUT2D eigenvalue weighted by molar-refractivity contribution is 5.92. The van der Waals surface area contributed by atoms with Crippen molar-refractivity contribution in [3.05, 3.63) is 23.9 Å². The molecule has 1 unspecified atom stereocenters. The molecule has 1 aliphatic heterocycles. The van der Waals surface area contributed by atoms with Crippen LogP contribution in [-0.2, 0) is 4.74 Å². The molecule has 2 heterocycles. The lowest BCUT2D eigenvalue weighted by molar-refractivity contribution is 0.0559. The van der Waals surface area contributed by atoms with Crippen LogP contribution in [0.3, 0.4) is 0 Å². The number of amides is 1. The molecule has 1 aromatic heterocycles. The molecule has 1 amide bonds. The van der Waals surface area contributed by atoms with Crippen molar-refractivity contribution < 1.29 is 9.53 Å². The molecule has 0 bridgehead atoms. The Kier molecular flexibility index (Phi) is 5.35. The van der Waals surface area contributed by atoms with Gasteiger partial charge in [0, 0.05) is 26.2 Å². The van der Waals surface area contributed by atoms with Gasteiger partial charge in [0.2, 0.25) is 0 Å². The third kappa shape index (κ3) is 3.93. The van der Waals surface area contributed by atoms with Crippen LogP contribution in [0.25, 0.3) is 0 Å². The molecule has 20 heavy (non-hydrogen) atoms. The molecular weight excluding hydrogens is 254 g/mol. The minimum absolute atomic E-state index is 0.0116. The summed E-state index contributed by atoms with van der Waals surface area (Å²) in [7, 11) is 0. The Hall–Kier alpha value is -1.62. The second kappa shape index (κ2) is 7.24. The molecule has 0 radical (unpaired) electrons. The van der Waals surface area contributed by atoms with Gasteiger partial charge in [-0.05, 0) is 31.9 Å². The van der Waals surface area contributed by atoms with Crippen molar-refractivity contribution in [1.29, 1.82) is 0 Å². The molecule has 0 saturated carbocycles. The van der Waals surface area contributed by atoms with Gasteiger partial charge in [-0.15, -0.1) is 0 Å². The van der Waals surface area contributed by atoms with E-state index in [1.165, 1.54) is 0 Å². The Morgan fingerprint density at radius 3 is 3.20 bits per heavy atom. The third-order valence-corrected chi connectivity index (χ3v) is 3.26. The van der Waals surface area contributed by atoms with E-state index in [0.717, 1.165) is 38.4 Å². The molecule has 1 aromatic rings. The van der Waals surface area contributed by atoms with Crippen molar-refractivity contribution in [1.82, 2.24) is 9.88 Å². The van der Waals surface area contributed by atoms with Gasteiger partial charge in [0.25, 0.3) is 5.91 Å². The van der Waals surface area contributed by atoms with Crippen LogP contribution in [0.4, 0.5) is 5.82 Å². The zero-order valence-electron chi connectivity index (χ0n) is 12.3. The zero-order valence-corrected chi connectivity index (χ0v) is 12.3. The third-order valence-electron chi connectivity index (χ3n) is 3.26. The molecule has 5 heteroatoms. The smallest absolute Gasteiger partial charge is 0.272 e. The van der Waals surface area contributed by atoms with Crippen LogP contribution in [0.1, 0.15) is 37.2 Å². The quantitative estimate of drug-likeness (QED) is 0.916. The molecule has 1 aliphatic rings. The predicted molar refractivity (Wildman–Crippen MR) is 79.0 cm³/mol. The predicted octanol–water partition coefficient (Wildman–Crippen LogP) is 2.15. The van der Waals surface area contributed by atoms with Crippen LogP contribution in [0.5, 0.6) is 0 Å². The zero-order chi connectivity index (χ0) is 14.4. The average molecular weight is 277 g/mol. The number of carbonyl (C=O) groups excluding carboxylic acids is 1. The fourth-order valence-corrected chi connectivity index (χ4v) is 2.25. The Labute approximate surface area is 120 Å². The van der Waals surface area contributed by atoms with Gasteiger partial charge in [-0.2, -0.15) is 0 Å². The lowest BCUT2D eigenvalue weighted by atomic mass is 10.2. The summed E-state index contributed by atoms with van der Waals surface area (Å²) in [6.07, 6.45) is 1.99. The highest BCUT2D eigenvalue weighted by Crippen LogP contribution is 2.11. The molecule has 5 nitrogen and oxygen atoms in total. The topological polar surface area (TPSA) is 54.5 Å². The SMILES string of the molecule is CCCNc1cccc(C(=O)N2CCCOC(C)C2)n1. The maximum Gasteiger partial charge on any atom is 0.272 e. The first kappa shape index (κ1) is 14.8. The summed E-state index contributed by atoms with van der Waals surface area (Å²) < 4.78 is 5.57. The van der Waals surface area contributed by atoms with E-state index in [1.54, 1.807) is 6.07 Å². The summed E-state index contributed by atoms with van der Waals surface area (Å²) in [6.45, 7) is 7.04. The van der Waals surface area contributed by atoms with Crippen LogP contribution in [0.15, 0.2) is 18.2 Å². The number of hydrogen-bond donors (Lipinski definition) is 1. The highest BCUT2D eigenvalue weighted by Gasteiger charge is 2.22. The second-order valence-electron chi connectivity index (χ2n) is 5.12. The van der Waals surface area contributed by atoms with E-state index in [4.69, 9.17) is 4.74 Å². The summed E-state index contributed by atoms with van der Waals surface area (Å²) in [4.78, 5) is 18.7. The van der Waals surface area contributed by atoms with E-state index in [1.807, 2.05) is 24.0 Å². The maximum absolute atomic E-state index is 12.5. The Balaban J connectivity index is 2.07. The second-order valence-corrected chi connectivity index (χ2v) is 5.12. The first-order valence-corrected chi connectivity index (χ1v) is 7.32. The molecule has 1 fully saturated rings. The summed E-state index contributed by atoms with van der Waals surface area (Å²) in [5.41, 5.74) is 0.500. The Morgan fingerprint density at radius 1 is 1.55 bits per heavy atom. The summed E-state index contributed by atoms with van der Waals surface area (Å²) in [5.74, 6) is 0.749. The van der Waals surface area contributed by atoms with Crippen molar-refractivity contribution in [3.8, 4) is 0 Å². The van der Waals surface area contributed by atoms with Crippen LogP contribution in [-0.4, -0.2) is 48.1 Å². The highest BCUT2D eigenvalue weighted by atomic mass is 16.5. The number of ether oxygens (including phenoxy) is 1. The lowest BCUT2D eigenvalue weighted by Gasteiger charge is -2.21. The van der Waals surface area contributed by atoms with Gasteiger partial charge in [-0.25, -0.2) is 4.98 Å². The van der Waals surface area contributed by atoms with Gasteiger partial charge >= 0.3 is 0 Å². The number of hydrogen-bond acceptors (Lipinski definition) is 4. The van der Waals surface area contributed by atoms with Crippen molar-refractivity contribution in [3.63, 3.8) is 0 Å². The van der Waals surface area contributed by atoms with Crippen LogP contribution in [0.2, 0.25) is 0 Å². The summed E-state index contributed by atoms with van der Waals surface area (Å²) >= 11 is 0. The minimum atomic E-state index is -0.0116. The van der Waals surface area contributed by atoms with E-state index in [2.05, 4.69) is 17.2 Å². The first-order chi connectivity index (χ1) is 9.70. The van der Waals surface area contributed by atoms with E-state index < -0.39 is 0 Å². The van der Waals surface area contributed by atoms with Crippen LogP contribution >= 0.6 is 0 Å². The number of pyridine rings is 1. The van der Waals surface area contributed by atoms with Crippen molar-refractivity contribution in [2.24, 2.45) is 0 Å². The van der Waals surface area contributed by atoms with E-state index in [-0.39, 0.29) is 12.0 Å². The molecule has 1 N–H and O–H groups in total. The minimum Gasteiger partial charge on any atom is -0.377 e. The van der Waals surface area contributed by atoms with E-state index >= 15 is 0 Å². The van der Waals surface area contributed by atoms with Gasteiger partial charge in [0.05, 0.1) is 6.10 Å². The molecule has 1 atom stereocenters. The van der Waals surface area contributed by atoms with Gasteiger partial charge in [0.15, 0.2) is 0 Å². The number of aromatic nitrogens is 1. The monoisotopic (exact) mass is 277 g/mol. The fraction of sp³-hybridized carbons (Fsp3) is 0.600. The number of nitrogens with one attached hydrogen (secondary N) is 1. The number of nitrogens with zero attached hydrogens (tertiary/aromatic N) is 2. The van der Waals surface area contributed by atoms with Crippen molar-refractivity contribution >= 4 is 11.7 Å². The standard InChI is InChI=1S/C15H23N3O2/c1-3-8-16-14-7-4-6-13(17-14)15(19)18-9-5-10-20-12(2)11-18/h4,6-7,12H,3,5,8-11H2,1-2H3,(H,16,17). The molecule has 1 saturated heterocycles. The van der Waals surface area contributed by atoms with Gasteiger partial charge in [-0.1, -0.05) is 13.0 Å². The average Bonchev–Trinajstić information content (AvgIpc) is 2.69. The fourth-order valence-electron chi connectivity index (χ4n) is 2.25. The number of anilines is 1. The van der Waals surface area contributed by atoms with Crippen LogP contribution in [0, 0.1) is 0 Å². The Bertz CT molecular complexity index is 450. The molecule has 2 rings (SSSR count). The lowest BCUT2D eigenvalue weighted by Crippen LogP contribution is -2.36. The molecular formula is C15H23N3O2. The number of carbonyl (C=O) groups is 1. The van der Waals surface area contributed by atoms with Crippen molar-refractivity contribution in [2.75, 3.05) is 31.6 Å². The van der Waals surface area contributed by atoms with Gasteiger partial charge < -0.3 is 15.0 Å². The van der Waals surface area contributed by atoms with Gasteiger partial charge in [-0.3, -0.25) is 4.79 Å². The molecule has 110 valence electrons. The van der Waals surface area contributed by atoms with E-state index in [9.17, 15) is 4.79 Å². The number of rotatable bonds is 4. The molecule has 0 aliphatic carbocycles. The normalized spacial score (nSPS) is 19.5. The van der Waals surface area contributed by atoms with Crippen LogP contribution < -0.4 is 5.32 Å². The largest absolute Gasteiger partial charge is 0.377 e.